The summed E-state index contributed by atoms with van der Waals surface area (Å²) >= 11 is 6.65. The number of urea groups is 1. The minimum Gasteiger partial charge on any atom is -0.482 e. The summed E-state index contributed by atoms with van der Waals surface area (Å²) in [6, 6.07) is 12.7. The van der Waals surface area contributed by atoms with Crippen molar-refractivity contribution >= 4 is 56.3 Å². The van der Waals surface area contributed by atoms with Gasteiger partial charge in [0, 0.05) is 16.4 Å². The van der Waals surface area contributed by atoms with Crippen LogP contribution in [-0.4, -0.2) is 58.1 Å². The number of para-hydroxylation sites is 4. The van der Waals surface area contributed by atoms with Crippen molar-refractivity contribution in [2.75, 3.05) is 27.7 Å². The number of carbonyl (C=O) groups excluding carboxylic acids is 2. The lowest BCUT2D eigenvalue weighted by Gasteiger charge is -2.40. The Bertz CT molecular complexity index is 1960. The molecule has 52 heavy (non-hydrogen) atoms. The molecule has 0 saturated heterocycles. The molecule has 4 rings (SSSR count). The van der Waals surface area contributed by atoms with Crippen molar-refractivity contribution in [2.45, 2.75) is 110 Å². The van der Waals surface area contributed by atoms with E-state index in [2.05, 4.69) is 63.7 Å². The van der Waals surface area contributed by atoms with Crippen LogP contribution in [0.15, 0.2) is 48.5 Å². The fraction of sp³-hybridized carbons (Fsp3) is 0.514. The minimum absolute atomic E-state index is 0.00296. The zero-order valence-electron chi connectivity index (χ0n) is 31.4. The van der Waals surface area contributed by atoms with E-state index in [1.165, 1.54) is 0 Å². The molecular formula is C37H53ClN8O5S. The summed E-state index contributed by atoms with van der Waals surface area (Å²) in [6.45, 7) is 15.7. The second-order valence-electron chi connectivity index (χ2n) is 15.1. The van der Waals surface area contributed by atoms with E-state index in [-0.39, 0.29) is 40.8 Å². The maximum absolute atomic E-state index is 13.3. The molecule has 0 bridgehead atoms. The van der Waals surface area contributed by atoms with Crippen LogP contribution in [0.2, 0.25) is 5.02 Å². The number of ether oxygens (including phenoxy) is 1. The molecule has 0 unspecified atom stereocenters. The van der Waals surface area contributed by atoms with E-state index < -0.39 is 27.0 Å². The molecule has 0 spiro atoms. The van der Waals surface area contributed by atoms with Crippen molar-refractivity contribution in [1.29, 1.82) is 0 Å². The second kappa shape index (κ2) is 16.6. The van der Waals surface area contributed by atoms with Crippen LogP contribution in [0.1, 0.15) is 105 Å². The van der Waals surface area contributed by atoms with Crippen molar-refractivity contribution in [1.82, 2.24) is 25.1 Å². The van der Waals surface area contributed by atoms with Gasteiger partial charge in [-0.25, -0.2) is 17.7 Å². The quantitative estimate of drug-likeness (QED) is 0.0679. The standard InChI is InChI=1S/C37H53ClN8O5S/c1-9-10-11-12-13-18-23-52(49,50)45-26-20-15-14-19-25(26)39-34(48)40-27-21-16-17-22-28(27)51-24-29(47)41-37(7,8)36(5,6)33-43-42-32-30(38)31(35(2,3)4)44-46(32)33/h14-17,19-22,44-45H,9-13,18,23-24H2,1-8H3,(H,41,47)(H2,39,40,48). The molecule has 0 atom stereocenters. The Kier molecular flexibility index (Phi) is 12.9. The number of halogens is 1. The van der Waals surface area contributed by atoms with E-state index in [0.717, 1.165) is 37.8 Å². The molecule has 0 aliphatic carbocycles. The number of hydrogen-bond donors (Lipinski definition) is 5. The summed E-state index contributed by atoms with van der Waals surface area (Å²) in [7, 11) is -3.61. The number of sulfonamides is 1. The number of H-pyrrole nitrogens is 1. The average molecular weight is 757 g/mol. The molecule has 0 aliphatic rings. The summed E-state index contributed by atoms with van der Waals surface area (Å²) in [4.78, 5) is 26.4. The molecule has 0 saturated carbocycles. The highest BCUT2D eigenvalue weighted by Crippen LogP contribution is 2.37. The molecule has 4 aromatic rings. The number of unbranched alkanes of at least 4 members (excludes halogenated alkanes) is 5. The number of aromatic nitrogens is 4. The van der Waals surface area contributed by atoms with Gasteiger partial charge in [-0.05, 0) is 44.5 Å². The van der Waals surface area contributed by atoms with Gasteiger partial charge in [0.2, 0.25) is 10.0 Å². The Labute approximate surface area is 312 Å². The number of fused-ring (bicyclic) bond motifs is 1. The smallest absolute Gasteiger partial charge is 0.323 e. The van der Waals surface area contributed by atoms with Crippen molar-refractivity contribution in [3.8, 4) is 5.75 Å². The zero-order chi connectivity index (χ0) is 38.3. The van der Waals surface area contributed by atoms with Crippen LogP contribution in [-0.2, 0) is 25.6 Å². The van der Waals surface area contributed by atoms with Gasteiger partial charge in [-0.2, -0.15) is 0 Å². The number of amides is 3. The lowest BCUT2D eigenvalue weighted by atomic mass is 9.73. The minimum atomic E-state index is -3.61. The van der Waals surface area contributed by atoms with Crippen LogP contribution < -0.4 is 25.4 Å². The Balaban J connectivity index is 1.37. The lowest BCUT2D eigenvalue weighted by Crippen LogP contribution is -2.57. The van der Waals surface area contributed by atoms with Gasteiger partial charge in [-0.15, -0.1) is 10.2 Å². The number of nitrogens with one attached hydrogen (secondary N) is 5. The zero-order valence-corrected chi connectivity index (χ0v) is 33.0. The third-order valence-corrected chi connectivity index (χ3v) is 11.0. The molecule has 15 heteroatoms. The van der Waals surface area contributed by atoms with E-state index in [1.54, 1.807) is 53.0 Å². The highest BCUT2D eigenvalue weighted by atomic mass is 35.5. The molecule has 5 N–H and O–H groups in total. The maximum atomic E-state index is 13.3. The molecule has 2 aromatic carbocycles. The van der Waals surface area contributed by atoms with Crippen LogP contribution in [0.5, 0.6) is 5.75 Å². The van der Waals surface area contributed by atoms with Gasteiger partial charge in [0.25, 0.3) is 5.91 Å². The highest BCUT2D eigenvalue weighted by Gasteiger charge is 2.44. The summed E-state index contributed by atoms with van der Waals surface area (Å²) in [5.41, 5.74) is 0.424. The Morgan fingerprint density at radius 2 is 1.44 bits per heavy atom. The topological polar surface area (TPSA) is 172 Å². The first-order valence-corrected chi connectivity index (χ1v) is 19.7. The predicted molar refractivity (Wildman–Crippen MR) is 208 cm³/mol. The normalized spacial score (nSPS) is 12.5. The van der Waals surface area contributed by atoms with Crippen molar-refractivity contribution in [3.63, 3.8) is 0 Å². The van der Waals surface area contributed by atoms with E-state index >= 15 is 0 Å². The fourth-order valence-electron chi connectivity index (χ4n) is 5.61. The van der Waals surface area contributed by atoms with Gasteiger partial charge in [0.1, 0.15) is 10.8 Å². The molecule has 0 fully saturated rings. The largest absolute Gasteiger partial charge is 0.482 e. The van der Waals surface area contributed by atoms with Gasteiger partial charge in [0.05, 0.1) is 28.5 Å². The number of benzene rings is 2. The van der Waals surface area contributed by atoms with E-state index in [9.17, 15) is 18.0 Å². The molecule has 2 heterocycles. The summed E-state index contributed by atoms with van der Waals surface area (Å²) in [6.07, 6.45) is 5.78. The Morgan fingerprint density at radius 3 is 2.12 bits per heavy atom. The number of nitrogens with zero attached hydrogens (tertiary/aromatic N) is 3. The Morgan fingerprint density at radius 1 is 0.846 bits per heavy atom. The number of aromatic amines is 1. The molecule has 0 radical (unpaired) electrons. The summed E-state index contributed by atoms with van der Waals surface area (Å²) in [5.74, 6) is 0.475. The third kappa shape index (κ3) is 9.97. The third-order valence-electron chi connectivity index (χ3n) is 9.33. The number of rotatable bonds is 17. The SMILES string of the molecule is CCCCCCCCS(=O)(=O)Nc1ccccc1NC(=O)Nc1ccccc1OCC(=O)NC(C)(C)C(C)(C)c1nnc2c(Cl)c(C(C)(C)C)[nH]n12. The van der Waals surface area contributed by atoms with Gasteiger partial charge >= 0.3 is 6.03 Å². The summed E-state index contributed by atoms with van der Waals surface area (Å²) in [5, 5.41) is 21.1. The fourth-order valence-corrected chi connectivity index (χ4v) is 7.26. The molecule has 284 valence electrons. The van der Waals surface area contributed by atoms with Crippen LogP contribution in [0, 0.1) is 0 Å². The summed E-state index contributed by atoms with van der Waals surface area (Å²) < 4.78 is 35.8. The first-order chi connectivity index (χ1) is 24.4. The average Bonchev–Trinajstić information content (AvgIpc) is 3.63. The number of anilines is 3. The predicted octanol–water partition coefficient (Wildman–Crippen LogP) is 8.01. The number of hydrogen-bond acceptors (Lipinski definition) is 7. The molecule has 2 aromatic heterocycles. The van der Waals surface area contributed by atoms with Gasteiger partial charge in [-0.1, -0.05) is 110 Å². The van der Waals surface area contributed by atoms with Crippen molar-refractivity contribution < 1.29 is 22.7 Å². The van der Waals surface area contributed by atoms with E-state index in [4.69, 9.17) is 16.3 Å². The van der Waals surface area contributed by atoms with Crippen molar-refractivity contribution in [2.24, 2.45) is 0 Å². The van der Waals surface area contributed by atoms with E-state index in [0.29, 0.717) is 28.6 Å². The van der Waals surface area contributed by atoms with Gasteiger partial charge in [-0.3, -0.25) is 14.6 Å². The first-order valence-electron chi connectivity index (χ1n) is 17.7. The molecular weight excluding hydrogens is 704 g/mol. The van der Waals surface area contributed by atoms with Gasteiger partial charge < -0.3 is 20.7 Å². The second-order valence-corrected chi connectivity index (χ2v) is 17.3. The highest BCUT2D eigenvalue weighted by molar-refractivity contribution is 7.92. The first kappa shape index (κ1) is 40.5. The van der Waals surface area contributed by atoms with Crippen molar-refractivity contribution in [3.05, 3.63) is 65.1 Å². The maximum Gasteiger partial charge on any atom is 0.323 e. The Hall–Kier alpha value is -4.30. The molecule has 13 nitrogen and oxygen atoms in total. The molecule has 3 amide bonds. The van der Waals surface area contributed by atoms with E-state index in [1.807, 2.05) is 27.7 Å². The van der Waals surface area contributed by atoms with Gasteiger partial charge in [0.15, 0.2) is 18.1 Å². The van der Waals surface area contributed by atoms with Crippen LogP contribution in [0.25, 0.3) is 5.65 Å². The van der Waals surface area contributed by atoms with Crippen LogP contribution >= 0.6 is 11.6 Å². The monoisotopic (exact) mass is 756 g/mol. The van der Waals surface area contributed by atoms with Crippen LogP contribution in [0.4, 0.5) is 21.9 Å². The lowest BCUT2D eigenvalue weighted by molar-refractivity contribution is -0.125. The molecule has 0 aliphatic heterocycles. The number of carbonyl (C=O) groups is 2. The van der Waals surface area contributed by atoms with Crippen LogP contribution in [0.3, 0.4) is 0 Å².